The monoisotopic (exact) mass is 199 g/mol. The molecule has 1 atom stereocenters. The first-order valence-electron chi connectivity index (χ1n) is 5.34. The molecule has 1 spiro atoms. The van der Waals surface area contributed by atoms with Gasteiger partial charge in [0.15, 0.2) is 0 Å². The number of benzene rings is 1. The molecule has 15 heavy (non-hydrogen) atoms. The van der Waals surface area contributed by atoms with Gasteiger partial charge in [-0.25, -0.2) is 0 Å². The summed E-state index contributed by atoms with van der Waals surface area (Å²) in [5.41, 5.74) is 1.06. The SMILES string of the molecule is O=C1NC(c2ccccc2)C12CC=CC2. The number of nitrogens with one attached hydrogen (secondary N) is 1. The van der Waals surface area contributed by atoms with E-state index in [-0.39, 0.29) is 17.4 Å². The van der Waals surface area contributed by atoms with Crippen molar-refractivity contribution >= 4 is 5.91 Å². The predicted octanol–water partition coefficient (Wildman–Crippen LogP) is 2.19. The first-order chi connectivity index (χ1) is 7.33. The molecule has 1 fully saturated rings. The molecule has 1 amide bonds. The van der Waals surface area contributed by atoms with Gasteiger partial charge in [0.05, 0.1) is 11.5 Å². The highest BCUT2D eigenvalue weighted by atomic mass is 16.2. The number of rotatable bonds is 1. The van der Waals surface area contributed by atoms with E-state index in [1.54, 1.807) is 0 Å². The molecule has 1 aromatic carbocycles. The summed E-state index contributed by atoms with van der Waals surface area (Å²) in [5.74, 6) is 0.210. The van der Waals surface area contributed by atoms with Gasteiger partial charge in [0, 0.05) is 0 Å². The fraction of sp³-hybridized carbons (Fsp3) is 0.308. The molecule has 1 unspecified atom stereocenters. The number of carbonyl (C=O) groups is 1. The van der Waals surface area contributed by atoms with Crippen molar-refractivity contribution in [3.63, 3.8) is 0 Å². The lowest BCUT2D eigenvalue weighted by Gasteiger charge is -2.46. The summed E-state index contributed by atoms with van der Waals surface area (Å²) in [6, 6.07) is 10.4. The highest BCUT2D eigenvalue weighted by Crippen LogP contribution is 2.50. The minimum Gasteiger partial charge on any atom is -0.348 e. The van der Waals surface area contributed by atoms with Gasteiger partial charge in [-0.1, -0.05) is 42.5 Å². The van der Waals surface area contributed by atoms with Crippen molar-refractivity contribution in [3.8, 4) is 0 Å². The first kappa shape index (κ1) is 8.72. The van der Waals surface area contributed by atoms with Crippen molar-refractivity contribution in [2.45, 2.75) is 18.9 Å². The van der Waals surface area contributed by atoms with E-state index >= 15 is 0 Å². The Bertz CT molecular complexity index is 413. The van der Waals surface area contributed by atoms with Crippen molar-refractivity contribution in [1.29, 1.82) is 0 Å². The average Bonchev–Trinajstić information content (AvgIpc) is 2.79. The minimum absolute atomic E-state index is 0.165. The van der Waals surface area contributed by atoms with Gasteiger partial charge >= 0.3 is 0 Å². The Balaban J connectivity index is 1.93. The topological polar surface area (TPSA) is 29.1 Å². The van der Waals surface area contributed by atoms with Crippen molar-refractivity contribution in [2.24, 2.45) is 5.41 Å². The Morgan fingerprint density at radius 1 is 1.13 bits per heavy atom. The molecule has 2 aliphatic rings. The summed E-state index contributed by atoms with van der Waals surface area (Å²) < 4.78 is 0. The second-order valence-corrected chi connectivity index (χ2v) is 4.35. The standard InChI is InChI=1S/C13H13NO/c15-12-13(8-4-5-9-13)11(14-12)10-6-2-1-3-7-10/h1-7,11H,8-9H2,(H,14,15). The van der Waals surface area contributed by atoms with Crippen LogP contribution in [-0.4, -0.2) is 5.91 Å². The fourth-order valence-corrected chi connectivity index (χ4v) is 2.61. The summed E-state index contributed by atoms with van der Waals surface area (Å²) >= 11 is 0. The minimum atomic E-state index is -0.165. The molecule has 0 saturated carbocycles. The maximum atomic E-state index is 11.7. The third kappa shape index (κ3) is 1.08. The number of hydrogen-bond donors (Lipinski definition) is 1. The van der Waals surface area contributed by atoms with E-state index < -0.39 is 0 Å². The lowest BCUT2D eigenvalue weighted by Crippen LogP contribution is -2.59. The molecule has 76 valence electrons. The van der Waals surface area contributed by atoms with E-state index in [1.807, 2.05) is 18.2 Å². The van der Waals surface area contributed by atoms with Gasteiger partial charge in [-0.3, -0.25) is 4.79 Å². The van der Waals surface area contributed by atoms with Crippen LogP contribution in [0.5, 0.6) is 0 Å². The van der Waals surface area contributed by atoms with Crippen molar-refractivity contribution in [2.75, 3.05) is 0 Å². The summed E-state index contributed by atoms with van der Waals surface area (Å²) in [6.45, 7) is 0. The van der Waals surface area contributed by atoms with Crippen LogP contribution in [0.4, 0.5) is 0 Å². The quantitative estimate of drug-likeness (QED) is 0.545. The van der Waals surface area contributed by atoms with Crippen LogP contribution in [0.15, 0.2) is 42.5 Å². The van der Waals surface area contributed by atoms with Gasteiger partial charge < -0.3 is 5.32 Å². The normalized spacial score (nSPS) is 26.4. The van der Waals surface area contributed by atoms with E-state index in [9.17, 15) is 4.79 Å². The Labute approximate surface area is 89.0 Å². The molecular weight excluding hydrogens is 186 g/mol. The number of β-lactam (4-membered cyclic amide) rings is 1. The van der Waals surface area contributed by atoms with E-state index in [4.69, 9.17) is 0 Å². The molecule has 1 heterocycles. The van der Waals surface area contributed by atoms with Crippen LogP contribution in [0.1, 0.15) is 24.4 Å². The second-order valence-electron chi connectivity index (χ2n) is 4.35. The predicted molar refractivity (Wildman–Crippen MR) is 58.1 cm³/mol. The van der Waals surface area contributed by atoms with Gasteiger partial charge in [0.2, 0.25) is 5.91 Å². The lowest BCUT2D eigenvalue weighted by molar-refractivity contribution is -0.145. The highest BCUT2D eigenvalue weighted by Gasteiger charge is 2.55. The van der Waals surface area contributed by atoms with Gasteiger partial charge in [0.25, 0.3) is 0 Å². The Morgan fingerprint density at radius 3 is 2.40 bits per heavy atom. The van der Waals surface area contributed by atoms with Crippen LogP contribution < -0.4 is 5.32 Å². The van der Waals surface area contributed by atoms with Crippen molar-refractivity contribution < 1.29 is 4.79 Å². The zero-order chi connectivity index (χ0) is 10.3. The van der Waals surface area contributed by atoms with Crippen LogP contribution in [0, 0.1) is 5.41 Å². The summed E-state index contributed by atoms with van der Waals surface area (Å²) in [6.07, 6.45) is 6.01. The third-order valence-electron chi connectivity index (χ3n) is 3.54. The Hall–Kier alpha value is -1.57. The number of allylic oxidation sites excluding steroid dienone is 2. The lowest BCUT2D eigenvalue weighted by atomic mass is 9.68. The van der Waals surface area contributed by atoms with E-state index in [0.29, 0.717) is 0 Å². The largest absolute Gasteiger partial charge is 0.348 e. The van der Waals surface area contributed by atoms with Crippen LogP contribution in [0.3, 0.4) is 0 Å². The molecule has 1 N–H and O–H groups in total. The fourth-order valence-electron chi connectivity index (χ4n) is 2.61. The first-order valence-corrected chi connectivity index (χ1v) is 5.34. The molecule has 1 aromatic rings. The molecular formula is C13H13NO. The van der Waals surface area contributed by atoms with Gasteiger partial charge in [-0.05, 0) is 18.4 Å². The van der Waals surface area contributed by atoms with Gasteiger partial charge in [0.1, 0.15) is 0 Å². The van der Waals surface area contributed by atoms with Crippen LogP contribution in [0.2, 0.25) is 0 Å². The third-order valence-corrected chi connectivity index (χ3v) is 3.54. The zero-order valence-electron chi connectivity index (χ0n) is 8.44. The van der Waals surface area contributed by atoms with Crippen LogP contribution >= 0.6 is 0 Å². The molecule has 3 rings (SSSR count). The Morgan fingerprint density at radius 2 is 1.80 bits per heavy atom. The average molecular weight is 199 g/mol. The summed E-state index contributed by atoms with van der Waals surface area (Å²) in [7, 11) is 0. The smallest absolute Gasteiger partial charge is 0.229 e. The molecule has 0 radical (unpaired) electrons. The maximum Gasteiger partial charge on any atom is 0.229 e. The number of hydrogen-bond acceptors (Lipinski definition) is 1. The molecule has 1 saturated heterocycles. The molecule has 1 aliphatic heterocycles. The number of amides is 1. The van der Waals surface area contributed by atoms with Crippen LogP contribution in [-0.2, 0) is 4.79 Å². The van der Waals surface area contributed by atoms with E-state index in [0.717, 1.165) is 12.8 Å². The molecule has 0 aromatic heterocycles. The molecule has 1 aliphatic carbocycles. The van der Waals surface area contributed by atoms with Gasteiger partial charge in [-0.15, -0.1) is 0 Å². The van der Waals surface area contributed by atoms with Crippen molar-refractivity contribution in [1.82, 2.24) is 5.32 Å². The number of carbonyl (C=O) groups excluding carboxylic acids is 1. The summed E-state index contributed by atoms with van der Waals surface area (Å²) in [5, 5.41) is 3.01. The molecule has 2 nitrogen and oxygen atoms in total. The van der Waals surface area contributed by atoms with E-state index in [1.165, 1.54) is 5.56 Å². The Kier molecular flexibility index (Phi) is 1.72. The maximum absolute atomic E-state index is 11.7. The van der Waals surface area contributed by atoms with Gasteiger partial charge in [-0.2, -0.15) is 0 Å². The summed E-state index contributed by atoms with van der Waals surface area (Å²) in [4.78, 5) is 11.7. The highest BCUT2D eigenvalue weighted by molar-refractivity contribution is 5.91. The molecule has 2 heteroatoms. The second kappa shape index (κ2) is 2.96. The van der Waals surface area contributed by atoms with E-state index in [2.05, 4.69) is 29.6 Å². The zero-order valence-corrected chi connectivity index (χ0v) is 8.44. The molecule has 0 bridgehead atoms. The van der Waals surface area contributed by atoms with Crippen molar-refractivity contribution in [3.05, 3.63) is 48.0 Å². The van der Waals surface area contributed by atoms with Crippen LogP contribution in [0.25, 0.3) is 0 Å².